The number of imide groups is 1. The molecule has 1 aromatic carbocycles. The average molecular weight is 375 g/mol. The first kappa shape index (κ1) is 18.7. The summed E-state index contributed by atoms with van der Waals surface area (Å²) in [7, 11) is 0. The first-order chi connectivity index (χ1) is 13.0. The minimum absolute atomic E-state index is 0.000935. The molecular weight excluding hydrogens is 354 g/mol. The number of amides is 4. The summed E-state index contributed by atoms with van der Waals surface area (Å²) in [6.07, 6.45) is 1.05. The number of likely N-dealkylation sites (tertiary alicyclic amines) is 2. The largest absolute Gasteiger partial charge is 0.480 e. The van der Waals surface area contributed by atoms with Crippen molar-refractivity contribution in [3.63, 3.8) is 0 Å². The molecule has 2 saturated heterocycles. The van der Waals surface area contributed by atoms with E-state index in [1.807, 2.05) is 18.2 Å². The fourth-order valence-corrected chi connectivity index (χ4v) is 3.19. The van der Waals surface area contributed by atoms with E-state index in [0.29, 0.717) is 19.4 Å². The smallest absolute Gasteiger partial charge is 0.408 e. The minimum atomic E-state index is -1.07. The van der Waals surface area contributed by atoms with Crippen molar-refractivity contribution in [1.82, 2.24) is 15.1 Å². The summed E-state index contributed by atoms with van der Waals surface area (Å²) in [6, 6.07) is 6.72. The van der Waals surface area contributed by atoms with Crippen molar-refractivity contribution in [3.05, 3.63) is 35.9 Å². The Bertz CT molecular complexity index is 738. The molecule has 0 radical (unpaired) electrons. The molecule has 0 bridgehead atoms. The van der Waals surface area contributed by atoms with E-state index in [-0.39, 0.29) is 13.2 Å². The topological polar surface area (TPSA) is 116 Å². The summed E-state index contributed by atoms with van der Waals surface area (Å²) >= 11 is 0. The van der Waals surface area contributed by atoms with Gasteiger partial charge in [0.1, 0.15) is 18.7 Å². The number of rotatable bonds is 4. The molecule has 0 spiro atoms. The van der Waals surface area contributed by atoms with Crippen molar-refractivity contribution in [1.29, 1.82) is 0 Å². The number of piperidine rings is 1. The zero-order valence-electron chi connectivity index (χ0n) is 14.7. The maximum Gasteiger partial charge on any atom is 0.408 e. The number of carboxylic acid groups (broad SMARTS) is 1. The van der Waals surface area contributed by atoms with Crippen molar-refractivity contribution in [2.24, 2.45) is 0 Å². The third-order valence-electron chi connectivity index (χ3n) is 4.70. The molecule has 0 saturated carbocycles. The van der Waals surface area contributed by atoms with E-state index in [0.717, 1.165) is 16.9 Å². The van der Waals surface area contributed by atoms with Crippen LogP contribution in [0.3, 0.4) is 0 Å². The molecule has 3 rings (SSSR count). The van der Waals surface area contributed by atoms with Gasteiger partial charge in [-0.05, 0) is 24.8 Å². The lowest BCUT2D eigenvalue weighted by Crippen LogP contribution is -2.68. The second-order valence-electron chi connectivity index (χ2n) is 6.53. The number of β-lactam (4-membered cyclic amide) rings is 1. The SMILES string of the molecule is O=C(NC1CN(C(=O)N2CCCCC2C(=O)O)C1=O)OCc1ccccc1. The van der Waals surface area contributed by atoms with Crippen LogP contribution in [-0.2, 0) is 20.9 Å². The summed E-state index contributed by atoms with van der Waals surface area (Å²) < 4.78 is 5.05. The molecule has 2 aliphatic heterocycles. The van der Waals surface area contributed by atoms with Crippen LogP contribution >= 0.6 is 0 Å². The van der Waals surface area contributed by atoms with Gasteiger partial charge in [0.2, 0.25) is 0 Å². The lowest BCUT2D eigenvalue weighted by molar-refractivity contribution is -0.146. The molecule has 2 fully saturated rings. The highest BCUT2D eigenvalue weighted by molar-refractivity contribution is 6.04. The van der Waals surface area contributed by atoms with E-state index in [9.17, 15) is 24.3 Å². The standard InChI is InChI=1S/C18H21N3O6/c22-15-13(19-17(25)27-11-12-6-2-1-3-7-12)10-21(15)18(26)20-9-5-4-8-14(20)16(23)24/h1-3,6-7,13-14H,4-5,8-11H2,(H,19,25)(H,23,24). The number of carboxylic acids is 1. The number of hydrogen-bond donors (Lipinski definition) is 2. The lowest BCUT2D eigenvalue weighted by Gasteiger charge is -2.42. The van der Waals surface area contributed by atoms with Crippen LogP contribution in [0.15, 0.2) is 30.3 Å². The number of nitrogens with zero attached hydrogens (tertiary/aromatic N) is 2. The molecule has 2 heterocycles. The van der Waals surface area contributed by atoms with E-state index in [4.69, 9.17) is 4.74 Å². The van der Waals surface area contributed by atoms with Crippen molar-refractivity contribution in [3.8, 4) is 0 Å². The van der Waals surface area contributed by atoms with E-state index in [1.165, 1.54) is 4.90 Å². The number of urea groups is 1. The zero-order valence-corrected chi connectivity index (χ0v) is 14.7. The van der Waals surface area contributed by atoms with Gasteiger partial charge in [-0.25, -0.2) is 14.4 Å². The average Bonchev–Trinajstić information content (AvgIpc) is 2.69. The van der Waals surface area contributed by atoms with Gasteiger partial charge in [-0.1, -0.05) is 30.3 Å². The normalized spacial score (nSPS) is 22.0. The van der Waals surface area contributed by atoms with Gasteiger partial charge >= 0.3 is 18.1 Å². The summed E-state index contributed by atoms with van der Waals surface area (Å²) in [5.41, 5.74) is 0.814. The van der Waals surface area contributed by atoms with E-state index < -0.39 is 36.1 Å². The first-order valence-corrected chi connectivity index (χ1v) is 8.79. The quantitative estimate of drug-likeness (QED) is 0.764. The summed E-state index contributed by atoms with van der Waals surface area (Å²) in [4.78, 5) is 50.0. The van der Waals surface area contributed by atoms with Gasteiger partial charge in [0.05, 0.1) is 6.54 Å². The summed E-state index contributed by atoms with van der Waals surface area (Å²) in [6.45, 7) is 0.377. The van der Waals surface area contributed by atoms with Gasteiger partial charge in [-0.15, -0.1) is 0 Å². The molecule has 0 aromatic heterocycles. The first-order valence-electron chi connectivity index (χ1n) is 8.79. The maximum atomic E-state index is 12.5. The monoisotopic (exact) mass is 375 g/mol. The van der Waals surface area contributed by atoms with Gasteiger partial charge in [0.25, 0.3) is 5.91 Å². The molecule has 2 N–H and O–H groups in total. The van der Waals surface area contributed by atoms with Crippen molar-refractivity contribution < 1.29 is 29.0 Å². The highest BCUT2D eigenvalue weighted by atomic mass is 16.5. The lowest BCUT2D eigenvalue weighted by atomic mass is 10.0. The van der Waals surface area contributed by atoms with Crippen LogP contribution in [0.4, 0.5) is 9.59 Å². The summed E-state index contributed by atoms with van der Waals surface area (Å²) in [5.74, 6) is -1.64. The highest BCUT2D eigenvalue weighted by Gasteiger charge is 2.46. The number of nitrogens with one attached hydrogen (secondary N) is 1. The zero-order chi connectivity index (χ0) is 19.4. The van der Waals surface area contributed by atoms with Crippen LogP contribution in [0.25, 0.3) is 0 Å². The van der Waals surface area contributed by atoms with Gasteiger partial charge in [0.15, 0.2) is 0 Å². The number of ether oxygens (including phenoxy) is 1. The third kappa shape index (κ3) is 4.18. The van der Waals surface area contributed by atoms with Gasteiger partial charge in [-0.3, -0.25) is 9.69 Å². The Morgan fingerprint density at radius 2 is 1.93 bits per heavy atom. The van der Waals surface area contributed by atoms with Crippen molar-refractivity contribution in [2.75, 3.05) is 13.1 Å². The van der Waals surface area contributed by atoms with Gasteiger partial charge < -0.3 is 20.1 Å². The number of carbonyl (C=O) groups excluding carboxylic acids is 3. The van der Waals surface area contributed by atoms with E-state index in [1.54, 1.807) is 12.1 Å². The Morgan fingerprint density at radius 1 is 1.19 bits per heavy atom. The summed E-state index contributed by atoms with van der Waals surface area (Å²) in [5, 5.41) is 11.7. The number of benzene rings is 1. The van der Waals surface area contributed by atoms with Gasteiger partial charge in [0, 0.05) is 6.54 Å². The van der Waals surface area contributed by atoms with Crippen LogP contribution in [0, 0.1) is 0 Å². The van der Waals surface area contributed by atoms with E-state index >= 15 is 0 Å². The molecule has 9 nitrogen and oxygen atoms in total. The second-order valence-corrected chi connectivity index (χ2v) is 6.53. The fraction of sp³-hybridized carbons (Fsp3) is 0.444. The Kier molecular flexibility index (Phi) is 5.58. The molecule has 27 heavy (non-hydrogen) atoms. The molecule has 2 aliphatic rings. The van der Waals surface area contributed by atoms with Crippen LogP contribution in [0.1, 0.15) is 24.8 Å². The van der Waals surface area contributed by atoms with Crippen LogP contribution < -0.4 is 5.32 Å². The Balaban J connectivity index is 1.48. The second kappa shape index (κ2) is 8.07. The van der Waals surface area contributed by atoms with Gasteiger partial charge in [-0.2, -0.15) is 0 Å². The molecular formula is C18H21N3O6. The molecule has 144 valence electrons. The van der Waals surface area contributed by atoms with E-state index in [2.05, 4.69) is 5.32 Å². The maximum absolute atomic E-state index is 12.5. The fourth-order valence-electron chi connectivity index (χ4n) is 3.19. The molecule has 2 unspecified atom stereocenters. The number of alkyl carbamates (subject to hydrolysis) is 1. The van der Waals surface area contributed by atoms with Crippen LogP contribution in [0.5, 0.6) is 0 Å². The molecule has 4 amide bonds. The number of hydrogen-bond acceptors (Lipinski definition) is 5. The van der Waals surface area contributed by atoms with Crippen molar-refractivity contribution in [2.45, 2.75) is 38.0 Å². The number of aliphatic carboxylic acids is 1. The minimum Gasteiger partial charge on any atom is -0.480 e. The Labute approximate surface area is 155 Å². The van der Waals surface area contributed by atoms with Crippen LogP contribution in [0.2, 0.25) is 0 Å². The number of carbonyl (C=O) groups is 4. The molecule has 1 aromatic rings. The molecule has 0 aliphatic carbocycles. The highest BCUT2D eigenvalue weighted by Crippen LogP contribution is 2.22. The third-order valence-corrected chi connectivity index (χ3v) is 4.70. The predicted octanol–water partition coefficient (Wildman–Crippen LogP) is 1.18. The Morgan fingerprint density at radius 3 is 2.59 bits per heavy atom. The predicted molar refractivity (Wildman–Crippen MR) is 92.6 cm³/mol. The molecule has 2 atom stereocenters. The molecule has 9 heteroatoms. The Hall–Kier alpha value is -3.10. The van der Waals surface area contributed by atoms with Crippen LogP contribution in [-0.4, -0.2) is 64.1 Å². The van der Waals surface area contributed by atoms with Crippen molar-refractivity contribution >= 4 is 24.0 Å².